The number of nitrogens with two attached hydrogens (primary N) is 1. The minimum absolute atomic E-state index is 0.0438. The molecule has 3 N–H and O–H groups in total. The molecule has 0 aliphatic heterocycles. The topological polar surface area (TPSA) is 76.7 Å². The lowest BCUT2D eigenvalue weighted by molar-refractivity contribution is 0.404. The van der Waals surface area contributed by atoms with E-state index in [2.05, 4.69) is 34.3 Å². The van der Waals surface area contributed by atoms with Crippen molar-refractivity contribution in [2.24, 2.45) is 11.1 Å². The first-order valence-electron chi connectivity index (χ1n) is 5.06. The molecule has 0 spiro atoms. The van der Waals surface area contributed by atoms with Crippen LogP contribution in [0.2, 0.25) is 0 Å². The Morgan fingerprint density at radius 3 is 2.40 bits per heavy atom. The Bertz CT molecular complexity index is 335. The highest BCUT2D eigenvalue weighted by molar-refractivity contribution is 5.25. The fourth-order valence-corrected chi connectivity index (χ4v) is 0.922. The third kappa shape index (κ3) is 3.43. The van der Waals surface area contributed by atoms with Crippen LogP contribution in [0, 0.1) is 19.3 Å². The van der Waals surface area contributed by atoms with E-state index in [1.54, 1.807) is 0 Å². The normalized spacial score (nSPS) is 11.5. The van der Waals surface area contributed by atoms with Gasteiger partial charge in [0.25, 0.3) is 0 Å². The van der Waals surface area contributed by atoms with Gasteiger partial charge in [-0.05, 0) is 25.8 Å². The lowest BCUT2D eigenvalue weighted by Crippen LogP contribution is -2.31. The van der Waals surface area contributed by atoms with Crippen molar-refractivity contribution in [1.29, 1.82) is 0 Å². The number of hydrogen-bond acceptors (Lipinski definition) is 5. The lowest BCUT2D eigenvalue weighted by Gasteiger charge is -2.22. The molecule has 0 amide bonds. The van der Waals surface area contributed by atoms with E-state index in [-0.39, 0.29) is 5.41 Å². The molecule has 15 heavy (non-hydrogen) atoms. The number of hydrogen-bond donors (Lipinski definition) is 2. The lowest BCUT2D eigenvalue weighted by atomic mass is 9.94. The number of nitrogens with one attached hydrogen (secondary N) is 1. The van der Waals surface area contributed by atoms with Crippen LogP contribution in [0.3, 0.4) is 0 Å². The van der Waals surface area contributed by atoms with Crippen LogP contribution in [0.1, 0.15) is 25.2 Å². The van der Waals surface area contributed by atoms with Gasteiger partial charge in [-0.3, -0.25) is 0 Å². The Morgan fingerprint density at radius 2 is 1.87 bits per heavy atom. The predicted molar refractivity (Wildman–Crippen MR) is 60.6 cm³/mol. The predicted octanol–water partition coefficient (Wildman–Crippen LogP) is 0.885. The van der Waals surface area contributed by atoms with Gasteiger partial charge in [0.05, 0.1) is 11.4 Å². The van der Waals surface area contributed by atoms with E-state index in [1.807, 2.05) is 13.8 Å². The highest BCUT2D eigenvalue weighted by Gasteiger charge is 2.15. The maximum absolute atomic E-state index is 5.63. The molecule has 0 saturated carbocycles. The number of aromatic nitrogens is 3. The molecule has 5 heteroatoms. The van der Waals surface area contributed by atoms with Crippen LogP contribution in [0.15, 0.2) is 0 Å². The SMILES string of the molecule is Cc1nnc(NCC(C)(C)CN)nc1C. The molecular formula is C10H19N5. The second-order valence-electron chi connectivity index (χ2n) is 4.53. The van der Waals surface area contributed by atoms with Gasteiger partial charge in [0, 0.05) is 6.54 Å². The van der Waals surface area contributed by atoms with Crippen LogP contribution in [0.5, 0.6) is 0 Å². The number of nitrogens with zero attached hydrogens (tertiary/aromatic N) is 3. The number of rotatable bonds is 4. The van der Waals surface area contributed by atoms with Crippen LogP contribution in [0.25, 0.3) is 0 Å². The first kappa shape index (κ1) is 11.8. The smallest absolute Gasteiger partial charge is 0.242 e. The van der Waals surface area contributed by atoms with E-state index < -0.39 is 0 Å². The first-order valence-corrected chi connectivity index (χ1v) is 5.06. The highest BCUT2D eigenvalue weighted by Crippen LogP contribution is 2.12. The van der Waals surface area contributed by atoms with Gasteiger partial charge in [-0.15, -0.1) is 5.10 Å². The van der Waals surface area contributed by atoms with Crippen molar-refractivity contribution in [3.8, 4) is 0 Å². The largest absolute Gasteiger partial charge is 0.352 e. The average molecular weight is 209 g/mol. The zero-order valence-corrected chi connectivity index (χ0v) is 9.83. The molecule has 0 unspecified atom stereocenters. The summed E-state index contributed by atoms with van der Waals surface area (Å²) in [4.78, 5) is 4.28. The van der Waals surface area contributed by atoms with Crippen LogP contribution >= 0.6 is 0 Å². The Morgan fingerprint density at radius 1 is 1.20 bits per heavy atom. The number of anilines is 1. The summed E-state index contributed by atoms with van der Waals surface area (Å²) in [6.45, 7) is 9.36. The molecule has 1 heterocycles. The molecule has 0 atom stereocenters. The third-order valence-corrected chi connectivity index (χ3v) is 2.37. The molecule has 0 aliphatic carbocycles. The summed E-state index contributed by atoms with van der Waals surface area (Å²) in [5, 5.41) is 11.1. The van der Waals surface area contributed by atoms with Crippen molar-refractivity contribution < 1.29 is 0 Å². The molecule has 84 valence electrons. The fraction of sp³-hybridized carbons (Fsp3) is 0.700. The molecule has 0 bridgehead atoms. The van der Waals surface area contributed by atoms with Gasteiger partial charge in [-0.1, -0.05) is 13.8 Å². The van der Waals surface area contributed by atoms with E-state index in [9.17, 15) is 0 Å². The quantitative estimate of drug-likeness (QED) is 0.770. The van der Waals surface area contributed by atoms with Gasteiger partial charge in [0.15, 0.2) is 0 Å². The van der Waals surface area contributed by atoms with Gasteiger partial charge < -0.3 is 11.1 Å². The van der Waals surface area contributed by atoms with E-state index in [0.29, 0.717) is 12.5 Å². The van der Waals surface area contributed by atoms with E-state index >= 15 is 0 Å². The van der Waals surface area contributed by atoms with Crippen molar-refractivity contribution >= 4 is 5.95 Å². The summed E-state index contributed by atoms with van der Waals surface area (Å²) in [6, 6.07) is 0. The molecule has 5 nitrogen and oxygen atoms in total. The monoisotopic (exact) mass is 209 g/mol. The van der Waals surface area contributed by atoms with E-state index in [0.717, 1.165) is 17.9 Å². The van der Waals surface area contributed by atoms with Crippen molar-refractivity contribution in [3.63, 3.8) is 0 Å². The minimum Gasteiger partial charge on any atom is -0.352 e. The molecule has 1 rings (SSSR count). The van der Waals surface area contributed by atoms with Crippen LogP contribution in [-0.2, 0) is 0 Å². The van der Waals surface area contributed by atoms with E-state index in [1.165, 1.54) is 0 Å². The van der Waals surface area contributed by atoms with Crippen molar-refractivity contribution in [1.82, 2.24) is 15.2 Å². The van der Waals surface area contributed by atoms with Gasteiger partial charge in [-0.2, -0.15) is 5.10 Å². The van der Waals surface area contributed by atoms with Gasteiger partial charge in [-0.25, -0.2) is 4.98 Å². The standard InChI is InChI=1S/C10H19N5/c1-7-8(2)14-15-9(13-7)12-6-10(3,4)5-11/h5-6,11H2,1-4H3,(H,12,13,15). The Balaban J connectivity index is 2.62. The highest BCUT2D eigenvalue weighted by atomic mass is 15.2. The maximum atomic E-state index is 5.63. The number of aryl methyl sites for hydroxylation is 2. The second-order valence-corrected chi connectivity index (χ2v) is 4.53. The van der Waals surface area contributed by atoms with Crippen LogP contribution in [-0.4, -0.2) is 28.3 Å². The summed E-state index contributed by atoms with van der Waals surface area (Å²) in [5.41, 5.74) is 7.43. The average Bonchev–Trinajstić information content (AvgIpc) is 2.20. The Kier molecular flexibility index (Phi) is 3.57. The molecule has 0 fully saturated rings. The Labute approximate surface area is 90.5 Å². The van der Waals surface area contributed by atoms with Gasteiger partial charge >= 0.3 is 0 Å². The Hall–Kier alpha value is -1.23. The third-order valence-electron chi connectivity index (χ3n) is 2.37. The molecular weight excluding hydrogens is 190 g/mol. The first-order chi connectivity index (χ1) is 6.94. The van der Waals surface area contributed by atoms with Crippen LogP contribution in [0.4, 0.5) is 5.95 Å². The fourth-order valence-electron chi connectivity index (χ4n) is 0.922. The second kappa shape index (κ2) is 4.53. The molecule has 0 saturated heterocycles. The molecule has 1 aromatic rings. The summed E-state index contributed by atoms with van der Waals surface area (Å²) >= 11 is 0. The van der Waals surface area contributed by atoms with E-state index in [4.69, 9.17) is 5.73 Å². The zero-order chi connectivity index (χ0) is 11.5. The molecule has 1 aromatic heterocycles. The summed E-state index contributed by atoms with van der Waals surface area (Å²) in [5.74, 6) is 0.569. The minimum atomic E-state index is 0.0438. The molecule has 0 radical (unpaired) electrons. The maximum Gasteiger partial charge on any atom is 0.242 e. The zero-order valence-electron chi connectivity index (χ0n) is 9.83. The van der Waals surface area contributed by atoms with Crippen molar-refractivity contribution in [3.05, 3.63) is 11.4 Å². The summed E-state index contributed by atoms with van der Waals surface area (Å²) in [6.07, 6.45) is 0. The van der Waals surface area contributed by atoms with Gasteiger partial charge in [0.1, 0.15) is 0 Å². The van der Waals surface area contributed by atoms with Crippen molar-refractivity contribution in [2.75, 3.05) is 18.4 Å². The molecule has 0 aliphatic rings. The summed E-state index contributed by atoms with van der Waals surface area (Å²) in [7, 11) is 0. The van der Waals surface area contributed by atoms with Gasteiger partial charge in [0.2, 0.25) is 5.95 Å². The summed E-state index contributed by atoms with van der Waals surface area (Å²) < 4.78 is 0. The van der Waals surface area contributed by atoms with Crippen molar-refractivity contribution in [2.45, 2.75) is 27.7 Å². The molecule has 0 aromatic carbocycles. The van der Waals surface area contributed by atoms with Crippen LogP contribution < -0.4 is 11.1 Å².